The number of rotatable bonds is 10. The molecule has 0 bridgehead atoms. The highest BCUT2D eigenvalue weighted by Crippen LogP contribution is 2.24. The molecule has 0 radical (unpaired) electrons. The number of aliphatic hydroxyl groups is 1. The van der Waals surface area contributed by atoms with Gasteiger partial charge >= 0.3 is 0 Å². The molecule has 0 aliphatic carbocycles. The Bertz CT molecular complexity index is 519. The topological polar surface area (TPSA) is 78.9 Å². The quantitative estimate of drug-likeness (QED) is 0.668. The van der Waals surface area contributed by atoms with Gasteiger partial charge in [0.15, 0.2) is 0 Å². The maximum Gasteiger partial charge on any atom is 0.242 e. The summed E-state index contributed by atoms with van der Waals surface area (Å²) in [5, 5.41) is 9.18. The lowest BCUT2D eigenvalue weighted by molar-refractivity contribution is 0.202. The third-order valence-corrected chi connectivity index (χ3v) is 4.48. The standard InChI is InChI=1S/C14H24N2O4S/c1-3-8-15-21(18,19)14-7-5-4-6-13(14)16(9-11-17)10-12-20-2/h4-7,15,17H,3,8-12H2,1-2H3. The average Bonchev–Trinajstić information content (AvgIpc) is 2.49. The normalized spacial score (nSPS) is 11.6. The number of aliphatic hydroxyl groups excluding tert-OH is 1. The summed E-state index contributed by atoms with van der Waals surface area (Å²) in [5.74, 6) is 0. The SMILES string of the molecule is CCCNS(=O)(=O)c1ccccc1N(CCO)CCOC. The molecule has 1 rings (SSSR count). The number of methoxy groups -OCH3 is 1. The molecule has 21 heavy (non-hydrogen) atoms. The summed E-state index contributed by atoms with van der Waals surface area (Å²) in [5.41, 5.74) is 0.576. The zero-order chi connectivity index (χ0) is 15.7. The number of hydrogen-bond acceptors (Lipinski definition) is 5. The lowest BCUT2D eigenvalue weighted by Crippen LogP contribution is -2.33. The summed E-state index contributed by atoms with van der Waals surface area (Å²) < 4.78 is 32.3. The van der Waals surface area contributed by atoms with Crippen LogP contribution in [0, 0.1) is 0 Å². The number of anilines is 1. The highest BCUT2D eigenvalue weighted by Gasteiger charge is 2.20. The Balaban J connectivity index is 3.11. The van der Waals surface area contributed by atoms with Crippen molar-refractivity contribution >= 4 is 15.7 Å². The molecule has 2 N–H and O–H groups in total. The summed E-state index contributed by atoms with van der Waals surface area (Å²) in [4.78, 5) is 2.03. The van der Waals surface area contributed by atoms with Crippen molar-refractivity contribution in [2.24, 2.45) is 0 Å². The fourth-order valence-electron chi connectivity index (χ4n) is 1.93. The molecule has 0 spiro atoms. The molecule has 0 heterocycles. The van der Waals surface area contributed by atoms with E-state index in [-0.39, 0.29) is 11.5 Å². The van der Waals surface area contributed by atoms with Crippen molar-refractivity contribution in [2.45, 2.75) is 18.2 Å². The first kappa shape index (κ1) is 17.9. The molecule has 0 fully saturated rings. The second-order valence-corrected chi connectivity index (χ2v) is 6.30. The van der Waals surface area contributed by atoms with Crippen molar-refractivity contribution in [3.8, 4) is 0 Å². The van der Waals surface area contributed by atoms with Gasteiger partial charge in [-0.2, -0.15) is 0 Å². The predicted molar refractivity (Wildman–Crippen MR) is 83.1 cm³/mol. The summed E-state index contributed by atoms with van der Waals surface area (Å²) in [6.07, 6.45) is 0.728. The molecule has 0 saturated heterocycles. The van der Waals surface area contributed by atoms with Crippen molar-refractivity contribution in [2.75, 3.05) is 44.9 Å². The fraction of sp³-hybridized carbons (Fsp3) is 0.571. The van der Waals surface area contributed by atoms with Crippen molar-refractivity contribution in [3.63, 3.8) is 0 Å². The monoisotopic (exact) mass is 316 g/mol. The molecule has 0 aliphatic rings. The second kappa shape index (κ2) is 8.99. The highest BCUT2D eigenvalue weighted by molar-refractivity contribution is 7.89. The van der Waals surface area contributed by atoms with Gasteiger partial charge in [0.1, 0.15) is 4.90 Å². The first-order chi connectivity index (χ1) is 10.1. The van der Waals surface area contributed by atoms with E-state index < -0.39 is 10.0 Å². The molecule has 1 aromatic rings. The van der Waals surface area contributed by atoms with Crippen molar-refractivity contribution < 1.29 is 18.3 Å². The smallest absolute Gasteiger partial charge is 0.242 e. The summed E-state index contributed by atoms with van der Waals surface area (Å²) in [7, 11) is -1.97. The second-order valence-electron chi connectivity index (χ2n) is 4.57. The van der Waals surface area contributed by atoms with Crippen molar-refractivity contribution in [3.05, 3.63) is 24.3 Å². The number of sulfonamides is 1. The minimum Gasteiger partial charge on any atom is -0.395 e. The van der Waals surface area contributed by atoms with Gasteiger partial charge in [-0.15, -0.1) is 0 Å². The summed E-state index contributed by atoms with van der Waals surface area (Å²) in [6.45, 7) is 3.57. The van der Waals surface area contributed by atoms with Gasteiger partial charge in [-0.1, -0.05) is 19.1 Å². The zero-order valence-corrected chi connectivity index (χ0v) is 13.4. The average molecular weight is 316 g/mol. The molecule has 0 aliphatic heterocycles. The molecule has 0 amide bonds. The van der Waals surface area contributed by atoms with Gasteiger partial charge in [0.05, 0.1) is 18.9 Å². The Morgan fingerprint density at radius 2 is 2.00 bits per heavy atom. The molecular formula is C14H24N2O4S. The Morgan fingerprint density at radius 1 is 1.29 bits per heavy atom. The fourth-order valence-corrected chi connectivity index (χ4v) is 3.29. The largest absolute Gasteiger partial charge is 0.395 e. The number of nitrogens with one attached hydrogen (secondary N) is 1. The molecule has 0 unspecified atom stereocenters. The molecule has 0 atom stereocenters. The van der Waals surface area contributed by atoms with E-state index in [0.29, 0.717) is 31.9 Å². The van der Waals surface area contributed by atoms with E-state index in [1.54, 1.807) is 31.4 Å². The van der Waals surface area contributed by atoms with Crippen LogP contribution in [0.25, 0.3) is 0 Å². The van der Waals surface area contributed by atoms with E-state index in [9.17, 15) is 13.5 Å². The minimum atomic E-state index is -3.56. The lowest BCUT2D eigenvalue weighted by atomic mass is 10.3. The van der Waals surface area contributed by atoms with Crippen LogP contribution in [0.15, 0.2) is 29.2 Å². The third kappa shape index (κ3) is 5.28. The number of benzene rings is 1. The summed E-state index contributed by atoms with van der Waals surface area (Å²) >= 11 is 0. The molecule has 6 nitrogen and oxygen atoms in total. The predicted octanol–water partition coefficient (Wildman–Crippen LogP) is 0.820. The molecule has 1 aromatic carbocycles. The van der Waals surface area contributed by atoms with Gasteiger partial charge in [0.2, 0.25) is 10.0 Å². The van der Waals surface area contributed by atoms with Crippen LogP contribution >= 0.6 is 0 Å². The summed E-state index contributed by atoms with van der Waals surface area (Å²) in [6, 6.07) is 6.79. The molecular weight excluding hydrogens is 292 g/mol. The Hall–Kier alpha value is -1.15. The first-order valence-electron chi connectivity index (χ1n) is 7.00. The maximum atomic E-state index is 12.4. The van der Waals surface area contributed by atoms with E-state index >= 15 is 0 Å². The van der Waals surface area contributed by atoms with E-state index in [1.807, 2.05) is 11.8 Å². The minimum absolute atomic E-state index is 0.0551. The van der Waals surface area contributed by atoms with Crippen LogP contribution < -0.4 is 9.62 Å². The van der Waals surface area contributed by atoms with Crippen molar-refractivity contribution in [1.82, 2.24) is 4.72 Å². The lowest BCUT2D eigenvalue weighted by Gasteiger charge is -2.26. The van der Waals surface area contributed by atoms with E-state index in [0.717, 1.165) is 6.42 Å². The van der Waals surface area contributed by atoms with Gasteiger partial charge in [-0.3, -0.25) is 0 Å². The van der Waals surface area contributed by atoms with E-state index in [4.69, 9.17) is 4.74 Å². The van der Waals surface area contributed by atoms with Gasteiger partial charge in [-0.05, 0) is 18.6 Å². The van der Waals surface area contributed by atoms with Crippen LogP contribution in [0.1, 0.15) is 13.3 Å². The molecule has 120 valence electrons. The highest BCUT2D eigenvalue weighted by atomic mass is 32.2. The molecule has 7 heteroatoms. The number of ether oxygens (including phenoxy) is 1. The van der Waals surface area contributed by atoms with Gasteiger partial charge in [0, 0.05) is 26.7 Å². The molecule has 0 saturated carbocycles. The van der Waals surface area contributed by atoms with Gasteiger partial charge in [0.25, 0.3) is 0 Å². The Morgan fingerprint density at radius 3 is 2.62 bits per heavy atom. The number of para-hydroxylation sites is 1. The van der Waals surface area contributed by atoms with Crippen LogP contribution in [-0.4, -0.2) is 53.5 Å². The van der Waals surface area contributed by atoms with Crippen LogP contribution in [0.4, 0.5) is 5.69 Å². The van der Waals surface area contributed by atoms with Crippen LogP contribution in [0.3, 0.4) is 0 Å². The third-order valence-electron chi connectivity index (χ3n) is 2.97. The number of hydrogen-bond donors (Lipinski definition) is 2. The zero-order valence-electron chi connectivity index (χ0n) is 12.6. The van der Waals surface area contributed by atoms with Gasteiger partial charge < -0.3 is 14.7 Å². The van der Waals surface area contributed by atoms with Gasteiger partial charge in [-0.25, -0.2) is 13.1 Å². The van der Waals surface area contributed by atoms with Crippen LogP contribution in [-0.2, 0) is 14.8 Å². The van der Waals surface area contributed by atoms with Crippen LogP contribution in [0.5, 0.6) is 0 Å². The van der Waals surface area contributed by atoms with Crippen LogP contribution in [0.2, 0.25) is 0 Å². The Kier molecular flexibility index (Phi) is 7.66. The first-order valence-corrected chi connectivity index (χ1v) is 8.48. The van der Waals surface area contributed by atoms with E-state index in [2.05, 4.69) is 4.72 Å². The molecule has 0 aromatic heterocycles. The maximum absolute atomic E-state index is 12.4. The van der Waals surface area contributed by atoms with Crippen molar-refractivity contribution in [1.29, 1.82) is 0 Å². The Labute approximate surface area is 126 Å². The number of nitrogens with zero attached hydrogens (tertiary/aromatic N) is 1. The van der Waals surface area contributed by atoms with E-state index in [1.165, 1.54) is 0 Å².